The van der Waals surface area contributed by atoms with Crippen molar-refractivity contribution >= 4 is 27.5 Å². The van der Waals surface area contributed by atoms with Crippen LogP contribution in [0.4, 0.5) is 0 Å². The van der Waals surface area contributed by atoms with Gasteiger partial charge in [-0.25, -0.2) is 0 Å². The molecule has 3 nitrogen and oxygen atoms in total. The number of rotatable bonds is 16. The number of carbonyl (C=O) groups is 1. The Balaban J connectivity index is 1.75. The number of unbranched alkanes of at least 4 members (excludes halogenated alkanes) is 6. The maximum atomic E-state index is 11.7. The molecule has 0 aliphatic carbocycles. The highest BCUT2D eigenvalue weighted by Gasteiger charge is 2.15. The molecule has 1 fully saturated rings. The fourth-order valence-corrected chi connectivity index (χ4v) is 5.96. The molecule has 1 unspecified atom stereocenters. The summed E-state index contributed by atoms with van der Waals surface area (Å²) in [7, 11) is 4.15. The van der Waals surface area contributed by atoms with Gasteiger partial charge >= 0.3 is 0 Å². The van der Waals surface area contributed by atoms with Crippen LogP contribution in [-0.2, 0) is 4.79 Å². The van der Waals surface area contributed by atoms with E-state index in [-0.39, 0.29) is 5.91 Å². The highest BCUT2D eigenvalue weighted by atomic mass is 33.1. The first-order valence-corrected chi connectivity index (χ1v) is 12.5. The monoisotopic (exact) mass is 386 g/mol. The molecule has 1 saturated heterocycles. The zero-order valence-electron chi connectivity index (χ0n) is 16.1. The molecule has 1 amide bonds. The van der Waals surface area contributed by atoms with Gasteiger partial charge in [0.05, 0.1) is 0 Å². The van der Waals surface area contributed by atoms with Crippen molar-refractivity contribution < 1.29 is 4.79 Å². The van der Waals surface area contributed by atoms with Gasteiger partial charge in [-0.05, 0) is 39.2 Å². The third-order valence-electron chi connectivity index (χ3n) is 4.44. The molecule has 146 valence electrons. The van der Waals surface area contributed by atoms with Crippen LogP contribution in [0.2, 0.25) is 0 Å². The summed E-state index contributed by atoms with van der Waals surface area (Å²) in [5, 5.41) is 7.25. The average molecular weight is 387 g/mol. The summed E-state index contributed by atoms with van der Waals surface area (Å²) >= 11 is 0. The summed E-state index contributed by atoms with van der Waals surface area (Å²) < 4.78 is 0. The normalized spacial score (nSPS) is 16.9. The molecule has 0 aromatic heterocycles. The van der Waals surface area contributed by atoms with E-state index in [9.17, 15) is 4.79 Å². The number of carbonyl (C=O) groups excluding carboxylic acids is 1. The van der Waals surface area contributed by atoms with E-state index >= 15 is 0 Å². The van der Waals surface area contributed by atoms with E-state index in [0.29, 0.717) is 6.42 Å². The lowest BCUT2D eigenvalue weighted by Crippen LogP contribution is -2.27. The summed E-state index contributed by atoms with van der Waals surface area (Å²) in [6.45, 7) is 8.45. The third kappa shape index (κ3) is 14.7. The lowest BCUT2D eigenvalue weighted by atomic mass is 10.1. The molecule has 0 aromatic carbocycles. The predicted molar refractivity (Wildman–Crippen MR) is 115 cm³/mol. The number of hydrogen-bond acceptors (Lipinski definition) is 4. The molecule has 0 spiro atoms. The molecule has 0 saturated carbocycles. The molecule has 1 rings (SSSR count). The highest BCUT2D eigenvalue weighted by Crippen LogP contribution is 2.39. The molecule has 1 atom stereocenters. The van der Waals surface area contributed by atoms with E-state index in [4.69, 9.17) is 0 Å². The number of hydrogen-bond donors (Lipinski definition) is 2. The second kappa shape index (κ2) is 16.1. The molecule has 1 aliphatic heterocycles. The summed E-state index contributed by atoms with van der Waals surface area (Å²) in [6.07, 6.45) is 13.5. The van der Waals surface area contributed by atoms with Crippen LogP contribution in [0.15, 0.2) is 12.2 Å². The van der Waals surface area contributed by atoms with Gasteiger partial charge in [0.1, 0.15) is 0 Å². The highest BCUT2D eigenvalue weighted by molar-refractivity contribution is 8.77. The van der Waals surface area contributed by atoms with Gasteiger partial charge in [0, 0.05) is 30.5 Å². The first kappa shape index (κ1) is 22.9. The van der Waals surface area contributed by atoms with Crippen molar-refractivity contribution in [2.24, 2.45) is 0 Å². The van der Waals surface area contributed by atoms with Gasteiger partial charge in [-0.3, -0.25) is 4.79 Å². The van der Waals surface area contributed by atoms with Gasteiger partial charge in [0.15, 0.2) is 0 Å². The average Bonchev–Trinajstić information content (AvgIpc) is 3.09. The zero-order chi connectivity index (χ0) is 18.2. The summed E-state index contributed by atoms with van der Waals surface area (Å²) in [4.78, 5) is 11.7. The quantitative estimate of drug-likeness (QED) is 0.214. The van der Waals surface area contributed by atoms with Crippen LogP contribution in [0.3, 0.4) is 0 Å². The standard InChI is InChI=1S/C20H38N2OS2/c1-18(2)17-21-14-10-15-22-20(23)12-9-7-5-3-4-6-8-11-19-13-16-24-25-19/h19,21H,1,3-17H2,2H3,(H,22,23). The Kier molecular flexibility index (Phi) is 14.7. The van der Waals surface area contributed by atoms with E-state index in [0.717, 1.165) is 43.3 Å². The summed E-state index contributed by atoms with van der Waals surface area (Å²) in [5.74, 6) is 1.57. The Hall–Kier alpha value is -0.130. The molecular weight excluding hydrogens is 348 g/mol. The Morgan fingerprint density at radius 1 is 1.04 bits per heavy atom. The molecular formula is C20H38N2OS2. The van der Waals surface area contributed by atoms with Crippen molar-refractivity contribution in [1.29, 1.82) is 0 Å². The van der Waals surface area contributed by atoms with Crippen molar-refractivity contribution in [2.45, 2.75) is 82.8 Å². The van der Waals surface area contributed by atoms with Crippen molar-refractivity contribution in [3.8, 4) is 0 Å². The summed E-state index contributed by atoms with van der Waals surface area (Å²) in [5.41, 5.74) is 1.15. The van der Waals surface area contributed by atoms with Crippen molar-refractivity contribution in [3.63, 3.8) is 0 Å². The fraction of sp³-hybridized carbons (Fsp3) is 0.850. The topological polar surface area (TPSA) is 41.1 Å². The van der Waals surface area contributed by atoms with Gasteiger partial charge in [0.25, 0.3) is 0 Å². The minimum Gasteiger partial charge on any atom is -0.356 e. The van der Waals surface area contributed by atoms with Crippen LogP contribution in [0.5, 0.6) is 0 Å². The Labute approximate surface area is 163 Å². The number of nitrogens with one attached hydrogen (secondary N) is 2. The molecule has 25 heavy (non-hydrogen) atoms. The zero-order valence-corrected chi connectivity index (χ0v) is 17.7. The van der Waals surface area contributed by atoms with Crippen LogP contribution in [0, 0.1) is 0 Å². The minimum atomic E-state index is 0.215. The summed E-state index contributed by atoms with van der Waals surface area (Å²) in [6, 6.07) is 0. The SMILES string of the molecule is C=C(C)CNCCCNC(=O)CCCCCCCCCC1CCSS1. The van der Waals surface area contributed by atoms with Crippen LogP contribution in [-0.4, -0.2) is 36.5 Å². The molecule has 5 heteroatoms. The van der Waals surface area contributed by atoms with Crippen LogP contribution in [0.25, 0.3) is 0 Å². The van der Waals surface area contributed by atoms with Crippen molar-refractivity contribution in [1.82, 2.24) is 10.6 Å². The predicted octanol–water partition coefficient (Wildman–Crippen LogP) is 5.32. The van der Waals surface area contributed by atoms with Gasteiger partial charge in [-0.15, -0.1) is 0 Å². The molecule has 0 radical (unpaired) electrons. The lowest BCUT2D eigenvalue weighted by molar-refractivity contribution is -0.121. The smallest absolute Gasteiger partial charge is 0.219 e. The van der Waals surface area contributed by atoms with Gasteiger partial charge in [0.2, 0.25) is 5.91 Å². The molecule has 0 bridgehead atoms. The van der Waals surface area contributed by atoms with Crippen LogP contribution < -0.4 is 10.6 Å². The minimum absolute atomic E-state index is 0.215. The van der Waals surface area contributed by atoms with E-state index in [1.165, 1.54) is 57.1 Å². The van der Waals surface area contributed by atoms with Crippen molar-refractivity contribution in [2.75, 3.05) is 25.4 Å². The second-order valence-corrected chi connectivity index (χ2v) is 9.97. The molecule has 0 aromatic rings. The number of amides is 1. The van der Waals surface area contributed by atoms with E-state index in [1.54, 1.807) is 0 Å². The lowest BCUT2D eigenvalue weighted by Gasteiger charge is -2.07. The maximum Gasteiger partial charge on any atom is 0.219 e. The first-order chi connectivity index (χ1) is 12.2. The molecule has 2 N–H and O–H groups in total. The fourth-order valence-electron chi connectivity index (χ4n) is 2.94. The maximum absolute atomic E-state index is 11.7. The van der Waals surface area contributed by atoms with Gasteiger partial charge in [-0.2, -0.15) is 0 Å². The van der Waals surface area contributed by atoms with E-state index in [1.807, 2.05) is 17.7 Å². The molecule has 1 aliphatic rings. The van der Waals surface area contributed by atoms with E-state index < -0.39 is 0 Å². The Morgan fingerprint density at radius 2 is 1.76 bits per heavy atom. The Bertz CT molecular complexity index is 358. The second-order valence-electron chi connectivity index (χ2n) is 7.18. The van der Waals surface area contributed by atoms with Crippen LogP contribution >= 0.6 is 21.6 Å². The van der Waals surface area contributed by atoms with Gasteiger partial charge in [-0.1, -0.05) is 72.3 Å². The third-order valence-corrected chi connectivity index (χ3v) is 7.44. The largest absolute Gasteiger partial charge is 0.356 e. The van der Waals surface area contributed by atoms with E-state index in [2.05, 4.69) is 28.0 Å². The first-order valence-electron chi connectivity index (χ1n) is 10.1. The van der Waals surface area contributed by atoms with Crippen molar-refractivity contribution in [3.05, 3.63) is 12.2 Å². The van der Waals surface area contributed by atoms with Gasteiger partial charge < -0.3 is 10.6 Å². The molecule has 1 heterocycles. The van der Waals surface area contributed by atoms with Crippen LogP contribution in [0.1, 0.15) is 77.6 Å². The Morgan fingerprint density at radius 3 is 2.44 bits per heavy atom.